The molecular formula is C23H30O4S. The number of thioether (sulfide) groups is 1. The first-order chi connectivity index (χ1) is 13.5. The summed E-state index contributed by atoms with van der Waals surface area (Å²) >= 11 is 1.74. The SMILES string of the molecule is CCOc1ccc(Cc2cc(C3CC(O)CC(CO)S3)c(OC)cc2C)cc1. The van der Waals surface area contributed by atoms with E-state index in [0.717, 1.165) is 23.5 Å². The zero-order valence-electron chi connectivity index (χ0n) is 16.9. The topological polar surface area (TPSA) is 58.9 Å². The van der Waals surface area contributed by atoms with E-state index >= 15 is 0 Å². The van der Waals surface area contributed by atoms with Gasteiger partial charge in [-0.15, -0.1) is 11.8 Å². The average Bonchev–Trinajstić information content (AvgIpc) is 2.70. The van der Waals surface area contributed by atoms with Gasteiger partial charge in [0.15, 0.2) is 0 Å². The molecule has 1 saturated heterocycles. The summed E-state index contributed by atoms with van der Waals surface area (Å²) in [4.78, 5) is 0. The highest BCUT2D eigenvalue weighted by Crippen LogP contribution is 2.46. The molecule has 0 aromatic heterocycles. The first-order valence-corrected chi connectivity index (χ1v) is 10.8. The Morgan fingerprint density at radius 1 is 1.14 bits per heavy atom. The molecular weight excluding hydrogens is 372 g/mol. The molecule has 3 unspecified atom stereocenters. The van der Waals surface area contributed by atoms with E-state index in [1.807, 2.05) is 19.1 Å². The maximum atomic E-state index is 10.3. The van der Waals surface area contributed by atoms with Gasteiger partial charge in [0.25, 0.3) is 0 Å². The van der Waals surface area contributed by atoms with Crippen LogP contribution in [0.3, 0.4) is 0 Å². The molecule has 3 atom stereocenters. The number of aryl methyl sites for hydroxylation is 1. The molecule has 152 valence electrons. The van der Waals surface area contributed by atoms with Gasteiger partial charge in [-0.1, -0.05) is 18.2 Å². The van der Waals surface area contributed by atoms with Crippen molar-refractivity contribution in [2.24, 2.45) is 0 Å². The van der Waals surface area contributed by atoms with Crippen molar-refractivity contribution in [3.05, 3.63) is 58.7 Å². The van der Waals surface area contributed by atoms with Crippen LogP contribution in [0.4, 0.5) is 0 Å². The molecule has 2 N–H and O–H groups in total. The van der Waals surface area contributed by atoms with Crippen molar-refractivity contribution in [1.82, 2.24) is 0 Å². The maximum Gasteiger partial charge on any atom is 0.123 e. The van der Waals surface area contributed by atoms with Crippen LogP contribution in [0.15, 0.2) is 36.4 Å². The fourth-order valence-electron chi connectivity index (χ4n) is 3.76. The Morgan fingerprint density at radius 2 is 1.89 bits per heavy atom. The van der Waals surface area contributed by atoms with Gasteiger partial charge in [-0.25, -0.2) is 0 Å². The molecule has 2 aromatic carbocycles. The molecule has 3 rings (SSSR count). The highest BCUT2D eigenvalue weighted by atomic mass is 32.2. The average molecular weight is 403 g/mol. The minimum Gasteiger partial charge on any atom is -0.496 e. The van der Waals surface area contributed by atoms with E-state index in [-0.39, 0.29) is 23.2 Å². The van der Waals surface area contributed by atoms with Crippen molar-refractivity contribution in [2.75, 3.05) is 20.3 Å². The third kappa shape index (κ3) is 5.02. The van der Waals surface area contributed by atoms with Gasteiger partial charge in [0.1, 0.15) is 11.5 Å². The van der Waals surface area contributed by atoms with Gasteiger partial charge in [-0.3, -0.25) is 0 Å². The Labute approximate surface area is 171 Å². The van der Waals surface area contributed by atoms with E-state index in [1.54, 1.807) is 18.9 Å². The Kier molecular flexibility index (Phi) is 7.27. The summed E-state index contributed by atoms with van der Waals surface area (Å²) in [5, 5.41) is 20.0. The van der Waals surface area contributed by atoms with Gasteiger partial charge in [0.2, 0.25) is 0 Å². The number of aliphatic hydroxyl groups is 2. The molecule has 1 heterocycles. The standard InChI is InChI=1S/C23H30O4S/c1-4-27-19-7-5-16(6-8-19)10-17-11-21(22(26-3)9-15(17)2)23-13-18(25)12-20(14-24)28-23/h5-9,11,18,20,23-25H,4,10,12-14H2,1-3H3. The second kappa shape index (κ2) is 9.68. The van der Waals surface area contributed by atoms with Crippen LogP contribution in [0, 0.1) is 6.92 Å². The first-order valence-electron chi connectivity index (χ1n) is 9.87. The first kappa shape index (κ1) is 21.0. The van der Waals surface area contributed by atoms with Gasteiger partial charge in [0.05, 0.1) is 26.4 Å². The molecule has 5 heteroatoms. The largest absolute Gasteiger partial charge is 0.496 e. The molecule has 0 aliphatic carbocycles. The molecule has 0 saturated carbocycles. The summed E-state index contributed by atoms with van der Waals surface area (Å²) in [7, 11) is 1.69. The Hall–Kier alpha value is -1.69. The van der Waals surface area contributed by atoms with E-state index < -0.39 is 0 Å². The van der Waals surface area contributed by atoms with Crippen LogP contribution in [0.2, 0.25) is 0 Å². The predicted octanol–water partition coefficient (Wildman–Crippen LogP) is 4.28. The monoisotopic (exact) mass is 402 g/mol. The molecule has 1 aliphatic rings. The molecule has 28 heavy (non-hydrogen) atoms. The molecule has 4 nitrogen and oxygen atoms in total. The lowest BCUT2D eigenvalue weighted by atomic mass is 9.94. The fourth-order valence-corrected chi connectivity index (χ4v) is 5.31. The molecule has 0 amide bonds. The summed E-state index contributed by atoms with van der Waals surface area (Å²) in [6.07, 6.45) is 1.77. The summed E-state index contributed by atoms with van der Waals surface area (Å²) in [5.41, 5.74) is 4.78. The lowest BCUT2D eigenvalue weighted by Crippen LogP contribution is -2.27. The molecule has 0 spiro atoms. The summed E-state index contributed by atoms with van der Waals surface area (Å²) in [5.74, 6) is 1.75. The molecule has 0 radical (unpaired) electrons. The van der Waals surface area contributed by atoms with Crippen LogP contribution in [0.5, 0.6) is 11.5 Å². The normalized spacial score (nSPS) is 22.1. The smallest absolute Gasteiger partial charge is 0.123 e. The van der Waals surface area contributed by atoms with Gasteiger partial charge in [-0.05, 0) is 68.0 Å². The Morgan fingerprint density at radius 3 is 2.54 bits per heavy atom. The van der Waals surface area contributed by atoms with Crippen molar-refractivity contribution in [1.29, 1.82) is 0 Å². The molecule has 1 fully saturated rings. The van der Waals surface area contributed by atoms with Gasteiger partial charge in [-0.2, -0.15) is 0 Å². The van der Waals surface area contributed by atoms with Crippen LogP contribution in [-0.2, 0) is 6.42 Å². The van der Waals surface area contributed by atoms with Crippen molar-refractivity contribution >= 4 is 11.8 Å². The lowest BCUT2D eigenvalue weighted by Gasteiger charge is -2.32. The molecule has 0 bridgehead atoms. The number of rotatable bonds is 7. The minimum atomic E-state index is -0.385. The second-order valence-corrected chi connectivity index (χ2v) is 8.84. The Balaban J connectivity index is 1.87. The van der Waals surface area contributed by atoms with E-state index in [1.165, 1.54) is 16.7 Å². The van der Waals surface area contributed by atoms with Crippen LogP contribution >= 0.6 is 11.8 Å². The zero-order valence-corrected chi connectivity index (χ0v) is 17.7. The van der Waals surface area contributed by atoms with Gasteiger partial charge in [0, 0.05) is 16.1 Å². The Bertz CT molecular complexity index is 775. The number of hydrogen-bond acceptors (Lipinski definition) is 5. The van der Waals surface area contributed by atoms with Gasteiger partial charge < -0.3 is 19.7 Å². The zero-order chi connectivity index (χ0) is 20.1. The summed E-state index contributed by atoms with van der Waals surface area (Å²) in [6.45, 7) is 4.85. The molecule has 2 aromatic rings. The van der Waals surface area contributed by atoms with Gasteiger partial charge >= 0.3 is 0 Å². The highest BCUT2D eigenvalue weighted by Gasteiger charge is 2.31. The summed E-state index contributed by atoms with van der Waals surface area (Å²) < 4.78 is 11.2. The van der Waals surface area contributed by atoms with Crippen molar-refractivity contribution in [2.45, 2.75) is 49.7 Å². The predicted molar refractivity (Wildman–Crippen MR) is 115 cm³/mol. The maximum absolute atomic E-state index is 10.3. The fraction of sp³-hybridized carbons (Fsp3) is 0.478. The van der Waals surface area contributed by atoms with Crippen LogP contribution in [0.1, 0.15) is 47.3 Å². The number of methoxy groups -OCH3 is 1. The summed E-state index contributed by atoms with van der Waals surface area (Å²) in [6, 6.07) is 12.5. The third-order valence-corrected chi connectivity index (χ3v) is 6.75. The third-order valence-electron chi connectivity index (χ3n) is 5.25. The van der Waals surface area contributed by atoms with E-state index in [0.29, 0.717) is 19.4 Å². The number of hydrogen-bond donors (Lipinski definition) is 2. The van der Waals surface area contributed by atoms with Crippen LogP contribution < -0.4 is 9.47 Å². The number of benzene rings is 2. The van der Waals surface area contributed by atoms with Crippen LogP contribution in [-0.4, -0.2) is 41.9 Å². The van der Waals surface area contributed by atoms with Crippen molar-refractivity contribution in [3.8, 4) is 11.5 Å². The van der Waals surface area contributed by atoms with E-state index in [9.17, 15) is 10.2 Å². The quantitative estimate of drug-likeness (QED) is 0.724. The second-order valence-electron chi connectivity index (χ2n) is 7.33. The molecule has 1 aliphatic heterocycles. The number of aliphatic hydroxyl groups excluding tert-OH is 2. The van der Waals surface area contributed by atoms with E-state index in [4.69, 9.17) is 9.47 Å². The minimum absolute atomic E-state index is 0.0642. The van der Waals surface area contributed by atoms with Crippen molar-refractivity contribution in [3.63, 3.8) is 0 Å². The number of ether oxygens (including phenoxy) is 2. The van der Waals surface area contributed by atoms with E-state index in [2.05, 4.69) is 31.2 Å². The van der Waals surface area contributed by atoms with Crippen LogP contribution in [0.25, 0.3) is 0 Å². The van der Waals surface area contributed by atoms with Crippen molar-refractivity contribution < 1.29 is 19.7 Å². The lowest BCUT2D eigenvalue weighted by molar-refractivity contribution is 0.136. The highest BCUT2D eigenvalue weighted by molar-refractivity contribution is 8.00.